The summed E-state index contributed by atoms with van der Waals surface area (Å²) in [4.78, 5) is 30.7. The number of nitrogens with zero attached hydrogens (tertiary/aromatic N) is 2. The van der Waals surface area contributed by atoms with E-state index < -0.39 is 0 Å². The Morgan fingerprint density at radius 2 is 1.88 bits per heavy atom. The van der Waals surface area contributed by atoms with Gasteiger partial charge in [-0.25, -0.2) is 0 Å². The molecule has 0 unspecified atom stereocenters. The zero-order valence-electron chi connectivity index (χ0n) is 20.4. The van der Waals surface area contributed by atoms with Crippen molar-refractivity contribution in [1.82, 2.24) is 9.80 Å². The summed E-state index contributed by atoms with van der Waals surface area (Å²) in [6.07, 6.45) is 0.828. The minimum absolute atomic E-state index is 0.0202. The van der Waals surface area contributed by atoms with E-state index in [9.17, 15) is 9.59 Å². The van der Waals surface area contributed by atoms with Gasteiger partial charge in [0.05, 0.1) is 12.6 Å². The molecule has 180 valence electrons. The molecule has 0 spiro atoms. The van der Waals surface area contributed by atoms with E-state index >= 15 is 0 Å². The normalized spacial score (nSPS) is 15.6. The molecule has 0 N–H and O–H groups in total. The summed E-state index contributed by atoms with van der Waals surface area (Å²) < 4.78 is 11.2. The third-order valence-corrected chi connectivity index (χ3v) is 6.90. The molecule has 1 aromatic carbocycles. The van der Waals surface area contributed by atoms with E-state index in [-0.39, 0.29) is 36.9 Å². The van der Waals surface area contributed by atoms with Crippen molar-refractivity contribution >= 4 is 23.2 Å². The molecule has 1 aromatic heterocycles. The van der Waals surface area contributed by atoms with Crippen LogP contribution < -0.4 is 4.74 Å². The lowest BCUT2D eigenvalue weighted by Gasteiger charge is -2.37. The third kappa shape index (κ3) is 6.58. The molecule has 1 aliphatic heterocycles. The zero-order valence-corrected chi connectivity index (χ0v) is 21.2. The van der Waals surface area contributed by atoms with E-state index in [0.29, 0.717) is 25.6 Å². The van der Waals surface area contributed by atoms with Gasteiger partial charge in [-0.3, -0.25) is 9.59 Å². The first-order valence-corrected chi connectivity index (χ1v) is 12.5. The van der Waals surface area contributed by atoms with Gasteiger partial charge in [-0.05, 0) is 53.0 Å². The van der Waals surface area contributed by atoms with E-state index in [1.165, 1.54) is 17.6 Å². The molecule has 2 heterocycles. The number of thiophene rings is 1. The fraction of sp³-hybridized carbons (Fsp3) is 0.538. The Labute approximate surface area is 201 Å². The van der Waals surface area contributed by atoms with Gasteiger partial charge in [-0.15, -0.1) is 11.3 Å². The smallest absolute Gasteiger partial charge is 0.249 e. The summed E-state index contributed by atoms with van der Waals surface area (Å²) in [6.45, 7) is 9.97. The highest BCUT2D eigenvalue weighted by Crippen LogP contribution is 2.34. The molecular formula is C26H36N2O4S. The Morgan fingerprint density at radius 1 is 1.15 bits per heavy atom. The van der Waals surface area contributed by atoms with Crippen LogP contribution in [0.1, 0.15) is 55.7 Å². The number of benzene rings is 1. The average Bonchev–Trinajstić information content (AvgIpc) is 3.26. The summed E-state index contributed by atoms with van der Waals surface area (Å²) >= 11 is 1.73. The van der Waals surface area contributed by atoms with Crippen molar-refractivity contribution in [2.24, 2.45) is 5.92 Å². The van der Waals surface area contributed by atoms with Gasteiger partial charge in [0.15, 0.2) is 0 Å². The van der Waals surface area contributed by atoms with Gasteiger partial charge in [0.25, 0.3) is 0 Å². The monoisotopic (exact) mass is 472 g/mol. The topological polar surface area (TPSA) is 59.1 Å². The van der Waals surface area contributed by atoms with Gasteiger partial charge in [-0.2, -0.15) is 0 Å². The minimum atomic E-state index is -0.171. The van der Waals surface area contributed by atoms with Gasteiger partial charge in [-0.1, -0.05) is 39.8 Å². The molecular weight excluding hydrogens is 436 g/mol. The first-order chi connectivity index (χ1) is 15.8. The van der Waals surface area contributed by atoms with E-state index in [0.717, 1.165) is 17.7 Å². The Balaban J connectivity index is 1.74. The summed E-state index contributed by atoms with van der Waals surface area (Å²) in [5.74, 6) is 1.31. The number of amides is 2. The lowest BCUT2D eigenvalue weighted by Crippen LogP contribution is -2.49. The van der Waals surface area contributed by atoms with Crippen LogP contribution in [0.3, 0.4) is 0 Å². The van der Waals surface area contributed by atoms with Crippen LogP contribution in [0.4, 0.5) is 0 Å². The second-order valence-corrected chi connectivity index (χ2v) is 10.3. The standard InChI is InChI=1S/C26H36N2O4S/c1-18(2)14-27(26(30)17-31-5)15-25(29)28-12-10-24-22(11-13-33-24)23(28)16-32-21-8-6-20(7-9-21)19(3)4/h6-9,11,13,18-19,23H,10,12,14-17H2,1-5H3/t23-/m0/s1. The summed E-state index contributed by atoms with van der Waals surface area (Å²) in [5.41, 5.74) is 2.42. The van der Waals surface area contributed by atoms with Crippen LogP contribution >= 0.6 is 11.3 Å². The van der Waals surface area contributed by atoms with E-state index in [1.807, 2.05) is 30.9 Å². The number of ether oxygens (including phenoxy) is 2. The van der Waals surface area contributed by atoms with Crippen molar-refractivity contribution < 1.29 is 19.1 Å². The molecule has 1 atom stereocenters. The third-order valence-electron chi connectivity index (χ3n) is 5.90. The highest BCUT2D eigenvalue weighted by molar-refractivity contribution is 7.10. The highest BCUT2D eigenvalue weighted by atomic mass is 32.1. The Kier molecular flexibility index (Phi) is 8.92. The molecule has 0 saturated heterocycles. The summed E-state index contributed by atoms with van der Waals surface area (Å²) in [7, 11) is 1.50. The van der Waals surface area contributed by atoms with Crippen molar-refractivity contribution in [1.29, 1.82) is 0 Å². The number of carbonyl (C=O) groups is 2. The molecule has 1 aliphatic rings. The quantitative estimate of drug-likeness (QED) is 0.511. The molecule has 33 heavy (non-hydrogen) atoms. The van der Waals surface area contributed by atoms with Crippen molar-refractivity contribution in [2.45, 2.75) is 46.1 Å². The molecule has 2 aromatic rings. The predicted molar refractivity (Wildman–Crippen MR) is 132 cm³/mol. The van der Waals surface area contributed by atoms with Gasteiger partial charge in [0.2, 0.25) is 11.8 Å². The van der Waals surface area contributed by atoms with E-state index in [4.69, 9.17) is 9.47 Å². The van der Waals surface area contributed by atoms with Crippen LogP contribution in [0.2, 0.25) is 0 Å². The van der Waals surface area contributed by atoms with Crippen LogP contribution in [0.15, 0.2) is 35.7 Å². The van der Waals surface area contributed by atoms with Gasteiger partial charge in [0, 0.05) is 25.1 Å². The first kappa shape index (κ1) is 25.2. The molecule has 6 nitrogen and oxygen atoms in total. The molecule has 7 heteroatoms. The molecule has 2 amide bonds. The summed E-state index contributed by atoms with van der Waals surface area (Å²) in [5, 5.41) is 2.08. The number of rotatable bonds is 10. The fourth-order valence-electron chi connectivity index (χ4n) is 4.16. The number of hydrogen-bond donors (Lipinski definition) is 0. The molecule has 0 saturated carbocycles. The van der Waals surface area contributed by atoms with Crippen molar-refractivity contribution in [2.75, 3.05) is 40.0 Å². The lowest BCUT2D eigenvalue weighted by molar-refractivity contribution is -0.145. The highest BCUT2D eigenvalue weighted by Gasteiger charge is 2.33. The molecule has 0 bridgehead atoms. The number of fused-ring (bicyclic) bond motifs is 1. The van der Waals surface area contributed by atoms with Crippen LogP contribution in [0.25, 0.3) is 0 Å². The van der Waals surface area contributed by atoms with Crippen LogP contribution in [0.5, 0.6) is 5.75 Å². The molecule has 3 rings (SSSR count). The maximum atomic E-state index is 13.4. The first-order valence-electron chi connectivity index (χ1n) is 11.6. The van der Waals surface area contributed by atoms with Crippen LogP contribution in [-0.2, 0) is 20.7 Å². The average molecular weight is 473 g/mol. The SMILES string of the molecule is COCC(=O)N(CC(=O)N1CCc2sccc2[C@@H]1COc1ccc(C(C)C)cc1)CC(C)C. The largest absolute Gasteiger partial charge is 0.491 e. The van der Waals surface area contributed by atoms with E-state index in [1.54, 1.807) is 16.2 Å². The second kappa shape index (κ2) is 11.7. The second-order valence-electron chi connectivity index (χ2n) is 9.29. The Morgan fingerprint density at radius 3 is 2.52 bits per heavy atom. The number of hydrogen-bond acceptors (Lipinski definition) is 5. The van der Waals surface area contributed by atoms with Crippen molar-refractivity contribution in [3.05, 3.63) is 51.7 Å². The van der Waals surface area contributed by atoms with Crippen molar-refractivity contribution in [3.8, 4) is 5.75 Å². The van der Waals surface area contributed by atoms with Gasteiger partial charge in [0.1, 0.15) is 19.0 Å². The Bertz CT molecular complexity index is 923. The van der Waals surface area contributed by atoms with Crippen LogP contribution in [0, 0.1) is 5.92 Å². The molecule has 0 aliphatic carbocycles. The molecule has 0 fully saturated rings. The fourth-order valence-corrected chi connectivity index (χ4v) is 5.09. The number of methoxy groups -OCH3 is 1. The lowest BCUT2D eigenvalue weighted by atomic mass is 10.00. The van der Waals surface area contributed by atoms with Gasteiger partial charge < -0.3 is 19.3 Å². The zero-order chi connectivity index (χ0) is 24.0. The van der Waals surface area contributed by atoms with Crippen molar-refractivity contribution in [3.63, 3.8) is 0 Å². The number of carbonyl (C=O) groups excluding carboxylic acids is 2. The predicted octanol–water partition coefficient (Wildman–Crippen LogP) is 4.51. The van der Waals surface area contributed by atoms with Gasteiger partial charge >= 0.3 is 0 Å². The Hall–Kier alpha value is -2.38. The minimum Gasteiger partial charge on any atom is -0.491 e. The maximum Gasteiger partial charge on any atom is 0.249 e. The van der Waals surface area contributed by atoms with E-state index in [2.05, 4.69) is 37.4 Å². The maximum absolute atomic E-state index is 13.4. The summed E-state index contributed by atoms with van der Waals surface area (Å²) in [6, 6.07) is 10.1. The van der Waals surface area contributed by atoms with Crippen LogP contribution in [-0.4, -0.2) is 61.6 Å². The molecule has 0 radical (unpaired) electrons.